The first-order chi connectivity index (χ1) is 10.1. The number of nitrogens with two attached hydrogens (primary N) is 2. The van der Waals surface area contributed by atoms with E-state index in [1.807, 2.05) is 6.07 Å². The maximum absolute atomic E-state index is 14.1. The molecule has 6 heteroatoms. The van der Waals surface area contributed by atoms with E-state index in [0.717, 1.165) is 5.56 Å². The molecular formula is C15H14FN3O2. The largest absolute Gasteiger partial charge is 0.485 e. The van der Waals surface area contributed by atoms with Crippen LogP contribution < -0.4 is 16.2 Å². The van der Waals surface area contributed by atoms with Crippen LogP contribution in [0, 0.1) is 5.82 Å². The molecule has 0 saturated carbocycles. The molecule has 3 rings (SSSR count). The van der Waals surface area contributed by atoms with Crippen molar-refractivity contribution in [3.05, 3.63) is 47.5 Å². The first-order valence-corrected chi connectivity index (χ1v) is 6.53. The van der Waals surface area contributed by atoms with Crippen LogP contribution in [0.25, 0.3) is 11.1 Å². The summed E-state index contributed by atoms with van der Waals surface area (Å²) < 4.78 is 19.6. The molecule has 0 radical (unpaired) electrons. The molecule has 0 bridgehead atoms. The Hall–Kier alpha value is -2.47. The van der Waals surface area contributed by atoms with Gasteiger partial charge in [0.2, 0.25) is 5.91 Å². The van der Waals surface area contributed by atoms with Crippen LogP contribution >= 0.6 is 0 Å². The van der Waals surface area contributed by atoms with Crippen molar-refractivity contribution in [3.8, 4) is 16.9 Å². The van der Waals surface area contributed by atoms with Gasteiger partial charge < -0.3 is 16.2 Å². The molecule has 1 aliphatic heterocycles. The van der Waals surface area contributed by atoms with Gasteiger partial charge in [0.25, 0.3) is 0 Å². The van der Waals surface area contributed by atoms with Gasteiger partial charge in [-0.05, 0) is 23.8 Å². The van der Waals surface area contributed by atoms with Crippen LogP contribution in [-0.2, 0) is 6.42 Å². The Morgan fingerprint density at radius 3 is 2.86 bits per heavy atom. The standard InChI is InChI=1S/C15H14FN3O2/c16-13-4-8(1-9-3-12(5-17)21-14(9)13)10-2-11(15(18)20)7-19-6-10/h1-2,4,6-7,12H,3,5,17H2,(H2,18,20). The molecule has 2 heterocycles. The summed E-state index contributed by atoms with van der Waals surface area (Å²) in [6.07, 6.45) is 3.31. The minimum absolute atomic E-state index is 0.195. The van der Waals surface area contributed by atoms with Crippen LogP contribution in [-0.4, -0.2) is 23.5 Å². The van der Waals surface area contributed by atoms with Crippen LogP contribution in [0.3, 0.4) is 0 Å². The molecule has 0 spiro atoms. The average Bonchev–Trinajstić information content (AvgIpc) is 2.91. The first-order valence-electron chi connectivity index (χ1n) is 6.53. The number of rotatable bonds is 3. The summed E-state index contributed by atoms with van der Waals surface area (Å²) in [6, 6.07) is 4.78. The lowest BCUT2D eigenvalue weighted by Gasteiger charge is -2.08. The second kappa shape index (κ2) is 5.14. The van der Waals surface area contributed by atoms with Gasteiger partial charge in [-0.25, -0.2) is 4.39 Å². The summed E-state index contributed by atoms with van der Waals surface area (Å²) in [4.78, 5) is 15.2. The maximum atomic E-state index is 14.1. The van der Waals surface area contributed by atoms with Gasteiger partial charge in [-0.1, -0.05) is 0 Å². The maximum Gasteiger partial charge on any atom is 0.250 e. The number of aromatic nitrogens is 1. The number of halogens is 1. The van der Waals surface area contributed by atoms with E-state index in [9.17, 15) is 9.18 Å². The van der Waals surface area contributed by atoms with E-state index in [2.05, 4.69) is 4.98 Å². The highest BCUT2D eigenvalue weighted by atomic mass is 19.1. The summed E-state index contributed by atoms with van der Waals surface area (Å²) in [5.41, 5.74) is 13.1. The van der Waals surface area contributed by atoms with Gasteiger partial charge in [-0.2, -0.15) is 0 Å². The molecule has 1 atom stereocenters. The lowest BCUT2D eigenvalue weighted by Crippen LogP contribution is -2.24. The third-order valence-electron chi connectivity index (χ3n) is 3.47. The summed E-state index contributed by atoms with van der Waals surface area (Å²) in [5, 5.41) is 0. The van der Waals surface area contributed by atoms with Gasteiger partial charge in [0.1, 0.15) is 6.10 Å². The number of carbonyl (C=O) groups is 1. The Kier molecular flexibility index (Phi) is 3.31. The summed E-state index contributed by atoms with van der Waals surface area (Å²) in [6.45, 7) is 0.335. The number of amides is 1. The fourth-order valence-electron chi connectivity index (χ4n) is 2.42. The SMILES string of the molecule is NCC1Cc2cc(-c3cncc(C(N)=O)c3)cc(F)c2O1. The number of primary amides is 1. The number of hydrogen-bond donors (Lipinski definition) is 2. The summed E-state index contributed by atoms with van der Waals surface area (Å²) >= 11 is 0. The van der Waals surface area contributed by atoms with Gasteiger partial charge in [-0.15, -0.1) is 0 Å². The van der Waals surface area contributed by atoms with Gasteiger partial charge in [0.05, 0.1) is 5.56 Å². The summed E-state index contributed by atoms with van der Waals surface area (Å²) in [5.74, 6) is -0.756. The average molecular weight is 287 g/mol. The monoisotopic (exact) mass is 287 g/mol. The van der Waals surface area contributed by atoms with E-state index in [4.69, 9.17) is 16.2 Å². The molecular weight excluding hydrogens is 273 g/mol. The third kappa shape index (κ3) is 2.45. The number of pyridine rings is 1. The Labute approximate surface area is 120 Å². The van der Waals surface area contributed by atoms with Crippen molar-refractivity contribution >= 4 is 5.91 Å². The lowest BCUT2D eigenvalue weighted by molar-refractivity contribution is 0.1000. The van der Waals surface area contributed by atoms with Crippen LogP contribution in [0.5, 0.6) is 5.75 Å². The van der Waals surface area contributed by atoms with Crippen LogP contribution in [0.4, 0.5) is 4.39 Å². The van der Waals surface area contributed by atoms with Crippen molar-refractivity contribution < 1.29 is 13.9 Å². The molecule has 1 aromatic carbocycles. The molecule has 0 saturated heterocycles. The topological polar surface area (TPSA) is 91.2 Å². The minimum atomic E-state index is -0.572. The van der Waals surface area contributed by atoms with E-state index in [-0.39, 0.29) is 17.4 Å². The molecule has 1 amide bonds. The van der Waals surface area contributed by atoms with Crippen molar-refractivity contribution in [3.63, 3.8) is 0 Å². The van der Waals surface area contributed by atoms with Crippen molar-refractivity contribution in [2.45, 2.75) is 12.5 Å². The van der Waals surface area contributed by atoms with E-state index < -0.39 is 11.7 Å². The van der Waals surface area contributed by atoms with Gasteiger partial charge in [0, 0.05) is 36.5 Å². The van der Waals surface area contributed by atoms with Crippen LogP contribution in [0.15, 0.2) is 30.6 Å². The van der Waals surface area contributed by atoms with Crippen molar-refractivity contribution in [2.24, 2.45) is 11.5 Å². The predicted molar refractivity (Wildman–Crippen MR) is 75.3 cm³/mol. The molecule has 5 nitrogen and oxygen atoms in total. The third-order valence-corrected chi connectivity index (χ3v) is 3.47. The molecule has 4 N–H and O–H groups in total. The second-order valence-corrected chi connectivity index (χ2v) is 4.95. The van der Waals surface area contributed by atoms with Crippen molar-refractivity contribution in [2.75, 3.05) is 6.54 Å². The number of carbonyl (C=O) groups excluding carboxylic acids is 1. The lowest BCUT2D eigenvalue weighted by atomic mass is 10.0. The Morgan fingerprint density at radius 2 is 2.14 bits per heavy atom. The first kappa shape index (κ1) is 13.5. The highest BCUT2D eigenvalue weighted by Crippen LogP contribution is 2.35. The fourth-order valence-corrected chi connectivity index (χ4v) is 2.42. The normalized spacial score (nSPS) is 16.4. The molecule has 0 aliphatic carbocycles. The Balaban J connectivity index is 2.03. The van der Waals surface area contributed by atoms with Crippen LogP contribution in [0.1, 0.15) is 15.9 Å². The highest BCUT2D eigenvalue weighted by Gasteiger charge is 2.25. The van der Waals surface area contributed by atoms with Gasteiger partial charge >= 0.3 is 0 Å². The molecule has 1 aromatic heterocycles. The second-order valence-electron chi connectivity index (χ2n) is 4.95. The number of nitrogens with zero attached hydrogens (tertiary/aromatic N) is 1. The smallest absolute Gasteiger partial charge is 0.250 e. The van der Waals surface area contributed by atoms with E-state index in [0.29, 0.717) is 24.1 Å². The zero-order valence-corrected chi connectivity index (χ0v) is 11.2. The Morgan fingerprint density at radius 1 is 1.33 bits per heavy atom. The minimum Gasteiger partial charge on any atom is -0.485 e. The molecule has 0 fully saturated rings. The highest BCUT2D eigenvalue weighted by molar-refractivity contribution is 5.93. The number of benzene rings is 1. The van der Waals surface area contributed by atoms with Crippen molar-refractivity contribution in [1.29, 1.82) is 0 Å². The zero-order valence-electron chi connectivity index (χ0n) is 11.2. The van der Waals surface area contributed by atoms with E-state index in [1.165, 1.54) is 12.3 Å². The molecule has 21 heavy (non-hydrogen) atoms. The van der Waals surface area contributed by atoms with Crippen molar-refractivity contribution in [1.82, 2.24) is 4.98 Å². The van der Waals surface area contributed by atoms with Gasteiger partial charge in [-0.3, -0.25) is 9.78 Å². The molecule has 1 unspecified atom stereocenters. The number of hydrogen-bond acceptors (Lipinski definition) is 4. The fraction of sp³-hybridized carbons (Fsp3) is 0.200. The van der Waals surface area contributed by atoms with E-state index >= 15 is 0 Å². The van der Waals surface area contributed by atoms with Gasteiger partial charge in [0.15, 0.2) is 11.6 Å². The van der Waals surface area contributed by atoms with E-state index in [1.54, 1.807) is 12.3 Å². The Bertz CT molecular complexity index is 718. The summed E-state index contributed by atoms with van der Waals surface area (Å²) in [7, 11) is 0. The number of ether oxygens (including phenoxy) is 1. The predicted octanol–water partition coefficient (Wildman–Crippen LogP) is 1.25. The number of fused-ring (bicyclic) bond motifs is 1. The zero-order chi connectivity index (χ0) is 15.0. The molecule has 1 aliphatic rings. The molecule has 108 valence electrons. The quantitative estimate of drug-likeness (QED) is 0.888. The molecule has 2 aromatic rings. The van der Waals surface area contributed by atoms with Crippen LogP contribution in [0.2, 0.25) is 0 Å².